The van der Waals surface area contributed by atoms with E-state index in [0.717, 1.165) is 6.07 Å². The van der Waals surface area contributed by atoms with Crippen LogP contribution in [0.4, 0.5) is 5.69 Å². The fraction of sp³-hybridized carbons (Fsp3) is 0.333. The summed E-state index contributed by atoms with van der Waals surface area (Å²) in [5.41, 5.74) is -1.62. The molecule has 0 aliphatic rings. The SMILES string of the molecule is Cc1cc(C(O)=C(C#N)C(=O)C(C)(C)C)c([N+](=O)[O-])cc1Cl. The van der Waals surface area contributed by atoms with Gasteiger partial charge in [-0.1, -0.05) is 32.4 Å². The molecule has 0 heterocycles. The zero-order valence-corrected chi connectivity index (χ0v) is 13.4. The maximum Gasteiger partial charge on any atom is 0.281 e. The normalized spacial score (nSPS) is 12.4. The molecular formula is C15H15ClN2O4. The number of nitro benzene ring substituents is 1. The number of ketones is 1. The van der Waals surface area contributed by atoms with Crippen molar-refractivity contribution in [2.75, 3.05) is 0 Å². The summed E-state index contributed by atoms with van der Waals surface area (Å²) in [4.78, 5) is 22.6. The van der Waals surface area contributed by atoms with Crippen molar-refractivity contribution >= 4 is 28.8 Å². The van der Waals surface area contributed by atoms with Crippen molar-refractivity contribution in [2.24, 2.45) is 5.41 Å². The van der Waals surface area contributed by atoms with Crippen LogP contribution < -0.4 is 0 Å². The second-order valence-corrected chi connectivity index (χ2v) is 6.20. The lowest BCUT2D eigenvalue weighted by molar-refractivity contribution is -0.385. The van der Waals surface area contributed by atoms with Crippen LogP contribution in [-0.2, 0) is 4.79 Å². The number of carbonyl (C=O) groups is 1. The number of hydrogen-bond acceptors (Lipinski definition) is 5. The number of halogens is 1. The van der Waals surface area contributed by atoms with Crippen LogP contribution in [0.5, 0.6) is 0 Å². The molecule has 0 aliphatic heterocycles. The van der Waals surface area contributed by atoms with Gasteiger partial charge in [0, 0.05) is 11.5 Å². The average molecular weight is 323 g/mol. The maximum absolute atomic E-state index is 12.2. The largest absolute Gasteiger partial charge is 0.506 e. The Morgan fingerprint density at radius 3 is 2.36 bits per heavy atom. The number of aliphatic hydroxyl groups is 1. The molecular weight excluding hydrogens is 308 g/mol. The number of Topliss-reactive ketones (excluding diaryl/α,β-unsaturated/α-hetero) is 1. The highest BCUT2D eigenvalue weighted by Gasteiger charge is 2.30. The van der Waals surface area contributed by atoms with Gasteiger partial charge in [-0.2, -0.15) is 5.26 Å². The molecule has 0 bridgehead atoms. The van der Waals surface area contributed by atoms with Crippen molar-refractivity contribution in [2.45, 2.75) is 27.7 Å². The molecule has 0 fully saturated rings. The van der Waals surface area contributed by atoms with Crippen molar-refractivity contribution in [1.82, 2.24) is 0 Å². The van der Waals surface area contributed by atoms with Gasteiger partial charge in [-0.05, 0) is 18.6 Å². The lowest BCUT2D eigenvalue weighted by atomic mass is 9.85. The third kappa shape index (κ3) is 3.43. The lowest BCUT2D eigenvalue weighted by Crippen LogP contribution is -2.22. The first-order chi connectivity index (χ1) is 10.0. The summed E-state index contributed by atoms with van der Waals surface area (Å²) < 4.78 is 0. The molecule has 0 saturated heterocycles. The third-order valence-electron chi connectivity index (χ3n) is 2.99. The quantitative estimate of drug-likeness (QED) is 0.298. The summed E-state index contributed by atoms with van der Waals surface area (Å²) in [6.07, 6.45) is 0. The van der Waals surface area contributed by atoms with Gasteiger partial charge in [-0.3, -0.25) is 14.9 Å². The number of aryl methyl sites for hydroxylation is 1. The number of nitrogens with zero attached hydrogens (tertiary/aromatic N) is 2. The highest BCUT2D eigenvalue weighted by molar-refractivity contribution is 6.31. The third-order valence-corrected chi connectivity index (χ3v) is 3.39. The van der Waals surface area contributed by atoms with E-state index in [9.17, 15) is 20.0 Å². The molecule has 1 aromatic carbocycles. The molecule has 0 unspecified atom stereocenters. The summed E-state index contributed by atoms with van der Waals surface area (Å²) in [6, 6.07) is 3.99. The van der Waals surface area contributed by atoms with E-state index >= 15 is 0 Å². The molecule has 0 amide bonds. The highest BCUT2D eigenvalue weighted by atomic mass is 35.5. The summed E-state index contributed by atoms with van der Waals surface area (Å²) in [5.74, 6) is -1.32. The molecule has 0 aliphatic carbocycles. The zero-order chi connectivity index (χ0) is 17.2. The van der Waals surface area contributed by atoms with E-state index in [1.165, 1.54) is 6.07 Å². The van der Waals surface area contributed by atoms with E-state index in [-0.39, 0.29) is 10.6 Å². The molecule has 1 aromatic rings. The first-order valence-electron chi connectivity index (χ1n) is 6.33. The fourth-order valence-electron chi connectivity index (χ4n) is 1.73. The molecule has 0 atom stereocenters. The average Bonchev–Trinajstić information content (AvgIpc) is 2.40. The number of benzene rings is 1. The van der Waals surface area contributed by atoms with Crippen LogP contribution in [0.3, 0.4) is 0 Å². The Bertz CT molecular complexity index is 724. The van der Waals surface area contributed by atoms with E-state index in [4.69, 9.17) is 16.9 Å². The molecule has 1 rings (SSSR count). The Balaban J connectivity index is 3.69. The highest BCUT2D eigenvalue weighted by Crippen LogP contribution is 2.33. The number of hydrogen-bond donors (Lipinski definition) is 1. The van der Waals surface area contributed by atoms with Crippen molar-refractivity contribution < 1.29 is 14.8 Å². The smallest absolute Gasteiger partial charge is 0.281 e. The number of aliphatic hydroxyl groups excluding tert-OH is 1. The first-order valence-corrected chi connectivity index (χ1v) is 6.71. The number of allylic oxidation sites excluding steroid dienone is 1. The van der Waals surface area contributed by atoms with Crippen molar-refractivity contribution in [3.05, 3.63) is 44.0 Å². The van der Waals surface area contributed by atoms with Crippen molar-refractivity contribution in [3.8, 4) is 6.07 Å². The monoisotopic (exact) mass is 322 g/mol. The molecule has 6 nitrogen and oxygen atoms in total. The molecule has 0 radical (unpaired) electrons. The van der Waals surface area contributed by atoms with Gasteiger partial charge in [0.25, 0.3) is 5.69 Å². The maximum atomic E-state index is 12.2. The molecule has 7 heteroatoms. The molecule has 22 heavy (non-hydrogen) atoms. The Labute approximate surface area is 132 Å². The Kier molecular flexibility index (Phi) is 4.94. The predicted octanol–water partition coefficient (Wildman–Crippen LogP) is 3.96. The van der Waals surface area contributed by atoms with E-state index in [1.54, 1.807) is 33.8 Å². The summed E-state index contributed by atoms with van der Waals surface area (Å²) >= 11 is 5.85. The second kappa shape index (κ2) is 6.16. The molecule has 0 saturated carbocycles. The van der Waals surface area contributed by atoms with E-state index in [2.05, 4.69) is 0 Å². The van der Waals surface area contributed by atoms with Gasteiger partial charge >= 0.3 is 0 Å². The zero-order valence-electron chi connectivity index (χ0n) is 12.6. The summed E-state index contributed by atoms with van der Waals surface area (Å²) in [6.45, 7) is 6.35. The Morgan fingerprint density at radius 2 is 1.95 bits per heavy atom. The van der Waals surface area contributed by atoms with Crippen LogP contribution in [0.1, 0.15) is 31.9 Å². The molecule has 1 N–H and O–H groups in total. The minimum atomic E-state index is -0.907. The van der Waals surface area contributed by atoms with Crippen LogP contribution in [0.15, 0.2) is 17.7 Å². The topological polar surface area (TPSA) is 104 Å². The van der Waals surface area contributed by atoms with Crippen molar-refractivity contribution in [3.63, 3.8) is 0 Å². The van der Waals surface area contributed by atoms with Gasteiger partial charge < -0.3 is 5.11 Å². The Hall–Kier alpha value is -2.39. The number of nitriles is 1. The minimum Gasteiger partial charge on any atom is -0.506 e. The second-order valence-electron chi connectivity index (χ2n) is 5.79. The van der Waals surface area contributed by atoms with Gasteiger partial charge in [0.1, 0.15) is 11.6 Å². The first kappa shape index (κ1) is 17.7. The molecule has 116 valence electrons. The van der Waals surface area contributed by atoms with Gasteiger partial charge in [-0.15, -0.1) is 0 Å². The Morgan fingerprint density at radius 1 is 1.41 bits per heavy atom. The van der Waals surface area contributed by atoms with Crippen LogP contribution in [0.2, 0.25) is 5.02 Å². The van der Waals surface area contributed by atoms with Crippen LogP contribution in [0.25, 0.3) is 5.76 Å². The van der Waals surface area contributed by atoms with Gasteiger partial charge in [0.05, 0.1) is 15.5 Å². The molecule has 0 spiro atoms. The minimum absolute atomic E-state index is 0.156. The summed E-state index contributed by atoms with van der Waals surface area (Å²) in [5, 5.41) is 30.7. The van der Waals surface area contributed by atoms with Crippen LogP contribution in [0, 0.1) is 33.8 Å². The molecule has 0 aromatic heterocycles. The fourth-order valence-corrected chi connectivity index (χ4v) is 1.89. The lowest BCUT2D eigenvalue weighted by Gasteiger charge is -2.16. The van der Waals surface area contributed by atoms with Gasteiger partial charge in [0.2, 0.25) is 0 Å². The van der Waals surface area contributed by atoms with Crippen LogP contribution >= 0.6 is 11.6 Å². The van der Waals surface area contributed by atoms with Crippen LogP contribution in [-0.4, -0.2) is 15.8 Å². The van der Waals surface area contributed by atoms with Gasteiger partial charge in [0.15, 0.2) is 11.5 Å². The predicted molar refractivity (Wildman–Crippen MR) is 82.5 cm³/mol. The van der Waals surface area contributed by atoms with Crippen molar-refractivity contribution in [1.29, 1.82) is 5.26 Å². The number of nitro groups is 1. The number of rotatable bonds is 3. The number of carbonyl (C=O) groups excluding carboxylic acids is 1. The van der Waals surface area contributed by atoms with Gasteiger partial charge in [-0.25, -0.2) is 0 Å². The van der Waals surface area contributed by atoms with E-state index in [0.29, 0.717) is 5.56 Å². The standard InChI is InChI=1S/C15H15ClN2O4/c1-8-5-9(12(18(21)22)6-11(8)16)13(19)10(7-17)14(20)15(2,3)4/h5-6,19H,1-4H3. The van der Waals surface area contributed by atoms with E-state index < -0.39 is 33.1 Å². The van der Waals surface area contributed by atoms with E-state index in [1.807, 2.05) is 0 Å². The summed E-state index contributed by atoms with van der Waals surface area (Å²) in [7, 11) is 0.